The van der Waals surface area contributed by atoms with Crippen LogP contribution in [0.5, 0.6) is 11.5 Å². The van der Waals surface area contributed by atoms with E-state index < -0.39 is 0 Å². The Kier molecular flexibility index (Phi) is 4.98. The Labute approximate surface area is 200 Å². The predicted octanol–water partition coefficient (Wildman–Crippen LogP) is 4.28. The van der Waals surface area contributed by atoms with E-state index in [1.54, 1.807) is 17.4 Å². The van der Waals surface area contributed by atoms with Crippen LogP contribution >= 0.6 is 0 Å². The zero-order valence-corrected chi connectivity index (χ0v) is 19.3. The van der Waals surface area contributed by atoms with E-state index in [2.05, 4.69) is 30.2 Å². The van der Waals surface area contributed by atoms with Crippen LogP contribution in [-0.4, -0.2) is 41.9 Å². The number of fused-ring (bicyclic) bond motifs is 2. The van der Waals surface area contributed by atoms with Crippen molar-refractivity contribution in [3.05, 3.63) is 60.8 Å². The third kappa shape index (κ3) is 3.88. The molecule has 4 heterocycles. The van der Waals surface area contributed by atoms with Gasteiger partial charge < -0.3 is 14.6 Å². The monoisotopic (exact) mass is 466 g/mol. The van der Waals surface area contributed by atoms with Crippen LogP contribution in [0.1, 0.15) is 18.4 Å². The summed E-state index contributed by atoms with van der Waals surface area (Å²) in [5.41, 5.74) is 4.86. The van der Waals surface area contributed by atoms with E-state index in [1.165, 1.54) is 6.33 Å². The Morgan fingerprint density at radius 3 is 2.77 bits per heavy atom. The molecule has 0 bridgehead atoms. The van der Waals surface area contributed by atoms with Gasteiger partial charge in [0.25, 0.3) is 0 Å². The highest BCUT2D eigenvalue weighted by atomic mass is 16.5. The van der Waals surface area contributed by atoms with E-state index in [0.717, 1.165) is 40.2 Å². The number of nitrogens with zero attached hydrogens (tertiary/aromatic N) is 7. The smallest absolute Gasteiger partial charge is 0.232 e. The zero-order chi connectivity index (χ0) is 23.9. The summed E-state index contributed by atoms with van der Waals surface area (Å²) in [5, 5.41) is 3.32. The molecule has 2 aromatic carbocycles. The van der Waals surface area contributed by atoms with Crippen LogP contribution in [0.25, 0.3) is 22.1 Å². The van der Waals surface area contributed by atoms with Gasteiger partial charge in [0.1, 0.15) is 28.9 Å². The van der Waals surface area contributed by atoms with Gasteiger partial charge in [-0.2, -0.15) is 0 Å². The lowest BCUT2D eigenvalue weighted by atomic mass is 10.2. The molecule has 10 nitrogen and oxygen atoms in total. The SMILES string of the molecule is Cc1cc(Nc2ncnc3cnc(N4CCCC4=O)nc23)ccc1Oc1ccc2c(c1)ncn2C. The second-order valence-corrected chi connectivity index (χ2v) is 8.49. The van der Waals surface area contributed by atoms with Gasteiger partial charge in [-0.1, -0.05) is 0 Å². The van der Waals surface area contributed by atoms with Crippen LogP contribution in [0.3, 0.4) is 0 Å². The summed E-state index contributed by atoms with van der Waals surface area (Å²) in [4.78, 5) is 35.7. The normalized spacial score (nSPS) is 13.7. The highest BCUT2D eigenvalue weighted by Gasteiger charge is 2.24. The third-order valence-corrected chi connectivity index (χ3v) is 6.04. The average molecular weight is 467 g/mol. The molecular formula is C25H22N8O2. The number of rotatable bonds is 5. The topological polar surface area (TPSA) is 111 Å². The van der Waals surface area contributed by atoms with Gasteiger partial charge in [-0.25, -0.2) is 24.9 Å². The van der Waals surface area contributed by atoms with Crippen LogP contribution in [0, 0.1) is 6.92 Å². The molecule has 35 heavy (non-hydrogen) atoms. The fourth-order valence-corrected chi connectivity index (χ4v) is 4.21. The van der Waals surface area contributed by atoms with E-state index in [0.29, 0.717) is 35.8 Å². The van der Waals surface area contributed by atoms with Crippen LogP contribution in [0.4, 0.5) is 17.5 Å². The van der Waals surface area contributed by atoms with Crippen molar-refractivity contribution >= 4 is 45.4 Å². The minimum absolute atomic E-state index is 0.0316. The first kappa shape index (κ1) is 21.0. The molecule has 10 heteroatoms. The molecular weight excluding hydrogens is 444 g/mol. The molecule has 1 saturated heterocycles. The van der Waals surface area contributed by atoms with Crippen molar-refractivity contribution in [2.75, 3.05) is 16.8 Å². The fourth-order valence-electron chi connectivity index (χ4n) is 4.21. The van der Waals surface area contributed by atoms with Gasteiger partial charge in [0, 0.05) is 31.8 Å². The van der Waals surface area contributed by atoms with Crippen LogP contribution in [0.15, 0.2) is 55.2 Å². The number of ether oxygens (including phenoxy) is 1. The Morgan fingerprint density at radius 1 is 1.03 bits per heavy atom. The number of carbonyl (C=O) groups is 1. The number of hydrogen-bond donors (Lipinski definition) is 1. The van der Waals surface area contributed by atoms with E-state index in [1.807, 2.05) is 54.9 Å². The van der Waals surface area contributed by atoms with Crippen molar-refractivity contribution in [3.63, 3.8) is 0 Å². The summed E-state index contributed by atoms with van der Waals surface area (Å²) in [5.74, 6) is 2.42. The maximum atomic E-state index is 12.1. The molecule has 0 radical (unpaired) electrons. The number of hydrogen-bond acceptors (Lipinski definition) is 8. The van der Waals surface area contributed by atoms with Crippen molar-refractivity contribution in [1.29, 1.82) is 0 Å². The number of benzene rings is 2. The van der Waals surface area contributed by atoms with Gasteiger partial charge in [0.2, 0.25) is 11.9 Å². The van der Waals surface area contributed by atoms with Crippen molar-refractivity contribution < 1.29 is 9.53 Å². The van der Waals surface area contributed by atoms with Gasteiger partial charge >= 0.3 is 0 Å². The van der Waals surface area contributed by atoms with Gasteiger partial charge in [-0.15, -0.1) is 0 Å². The number of aryl methyl sites for hydroxylation is 2. The number of carbonyl (C=O) groups excluding carboxylic acids is 1. The van der Waals surface area contributed by atoms with E-state index in [9.17, 15) is 4.79 Å². The number of nitrogens with one attached hydrogen (secondary N) is 1. The fraction of sp³-hybridized carbons (Fsp3) is 0.200. The first-order valence-electron chi connectivity index (χ1n) is 11.3. The molecule has 5 aromatic rings. The standard InChI is InChI=1S/C25H22N8O2/c1-15-10-16(5-8-21(15)35-17-6-7-20-18(11-17)29-14-32(20)2)30-24-23-19(27-13-28-24)12-26-25(31-23)33-9-3-4-22(33)34/h5-8,10-14H,3-4,9H2,1-2H3,(H,27,28,30). The number of anilines is 3. The molecule has 0 aliphatic carbocycles. The summed E-state index contributed by atoms with van der Waals surface area (Å²) in [6.45, 7) is 2.60. The first-order chi connectivity index (χ1) is 17.0. The van der Waals surface area contributed by atoms with E-state index in [-0.39, 0.29) is 5.91 Å². The van der Waals surface area contributed by atoms with Crippen molar-refractivity contribution in [2.24, 2.45) is 7.05 Å². The van der Waals surface area contributed by atoms with Crippen molar-refractivity contribution in [2.45, 2.75) is 19.8 Å². The molecule has 174 valence electrons. The number of aromatic nitrogens is 6. The maximum absolute atomic E-state index is 12.1. The summed E-state index contributed by atoms with van der Waals surface area (Å²) < 4.78 is 8.09. The molecule has 0 saturated carbocycles. The molecule has 0 unspecified atom stereocenters. The lowest BCUT2D eigenvalue weighted by Crippen LogP contribution is -2.25. The van der Waals surface area contributed by atoms with Crippen molar-refractivity contribution in [1.82, 2.24) is 29.5 Å². The Balaban J connectivity index is 1.26. The molecule has 1 N–H and O–H groups in total. The lowest BCUT2D eigenvalue weighted by Gasteiger charge is -2.15. The minimum atomic E-state index is 0.0316. The second kappa shape index (κ2) is 8.32. The number of imidazole rings is 1. The molecule has 1 amide bonds. The predicted molar refractivity (Wildman–Crippen MR) is 132 cm³/mol. The highest BCUT2D eigenvalue weighted by molar-refractivity contribution is 5.95. The first-order valence-corrected chi connectivity index (χ1v) is 11.3. The van der Waals surface area contributed by atoms with Gasteiger partial charge in [0.05, 0.1) is 23.6 Å². The Bertz CT molecular complexity index is 1600. The molecule has 1 aliphatic heterocycles. The van der Waals surface area contributed by atoms with Crippen LogP contribution in [0.2, 0.25) is 0 Å². The quantitative estimate of drug-likeness (QED) is 0.409. The number of amides is 1. The maximum Gasteiger partial charge on any atom is 0.232 e. The lowest BCUT2D eigenvalue weighted by molar-refractivity contribution is -0.117. The summed E-state index contributed by atoms with van der Waals surface area (Å²) >= 11 is 0. The largest absolute Gasteiger partial charge is 0.457 e. The van der Waals surface area contributed by atoms with Crippen LogP contribution in [-0.2, 0) is 11.8 Å². The highest BCUT2D eigenvalue weighted by Crippen LogP contribution is 2.31. The molecule has 0 atom stereocenters. The summed E-state index contributed by atoms with van der Waals surface area (Å²) in [6.07, 6.45) is 6.19. The molecule has 3 aromatic heterocycles. The van der Waals surface area contributed by atoms with Crippen molar-refractivity contribution in [3.8, 4) is 11.5 Å². The molecule has 6 rings (SSSR count). The Morgan fingerprint density at radius 2 is 1.94 bits per heavy atom. The van der Waals surface area contributed by atoms with E-state index >= 15 is 0 Å². The van der Waals surface area contributed by atoms with Gasteiger partial charge in [-0.3, -0.25) is 9.69 Å². The molecule has 1 aliphatic rings. The van der Waals surface area contributed by atoms with E-state index in [4.69, 9.17) is 4.74 Å². The Hall–Kier alpha value is -4.60. The molecule has 0 spiro atoms. The van der Waals surface area contributed by atoms with Gasteiger partial charge in [0.15, 0.2) is 5.82 Å². The summed E-state index contributed by atoms with van der Waals surface area (Å²) in [6, 6.07) is 11.7. The second-order valence-electron chi connectivity index (χ2n) is 8.49. The van der Waals surface area contributed by atoms with Gasteiger partial charge in [-0.05, 0) is 49.2 Å². The third-order valence-electron chi connectivity index (χ3n) is 6.04. The summed E-state index contributed by atoms with van der Waals surface area (Å²) in [7, 11) is 1.96. The zero-order valence-electron chi connectivity index (χ0n) is 19.3. The molecule has 1 fully saturated rings. The minimum Gasteiger partial charge on any atom is -0.457 e. The average Bonchev–Trinajstić information content (AvgIpc) is 3.46. The van der Waals surface area contributed by atoms with Crippen LogP contribution < -0.4 is 15.0 Å².